The van der Waals surface area contributed by atoms with Gasteiger partial charge in [0.1, 0.15) is 61.0 Å². The molecule has 23 heavy (non-hydrogen) atoms. The molecule has 1 heterocycles. The normalized spacial score (nSPS) is 54.9. The minimum atomic E-state index is -1.83. The fraction of sp³-hybridized carbons (Fsp3) is 1.00. The second-order valence-corrected chi connectivity index (χ2v) is 5.75. The lowest BCUT2D eigenvalue weighted by atomic mass is 9.84. The molecule has 11 nitrogen and oxygen atoms in total. The summed E-state index contributed by atoms with van der Waals surface area (Å²) in [7, 11) is 0. The molecule has 1 aliphatic heterocycles. The predicted octanol–water partition coefficient (Wildman–Crippen LogP) is -6.01. The van der Waals surface area contributed by atoms with Crippen molar-refractivity contribution in [2.45, 2.75) is 67.3 Å². The van der Waals surface area contributed by atoms with E-state index in [9.17, 15) is 40.9 Å². The molecule has 0 aromatic heterocycles. The number of aliphatic hydroxyl groups is 9. The maximum absolute atomic E-state index is 9.85. The van der Waals surface area contributed by atoms with E-state index in [-0.39, 0.29) is 0 Å². The van der Waals surface area contributed by atoms with Crippen molar-refractivity contribution in [2.75, 3.05) is 6.61 Å². The van der Waals surface area contributed by atoms with E-state index in [0.717, 1.165) is 0 Å². The second kappa shape index (κ2) is 7.21. The Bertz CT molecular complexity index is 377. The van der Waals surface area contributed by atoms with Gasteiger partial charge in [-0.1, -0.05) is 0 Å². The summed E-state index contributed by atoms with van der Waals surface area (Å²) in [5.74, 6) is 0. The predicted molar refractivity (Wildman–Crippen MR) is 68.7 cm³/mol. The Hall–Kier alpha value is -0.440. The van der Waals surface area contributed by atoms with Crippen molar-refractivity contribution in [2.24, 2.45) is 0 Å². The third kappa shape index (κ3) is 3.36. The largest absolute Gasteiger partial charge is 0.394 e. The molecule has 1 aliphatic carbocycles. The van der Waals surface area contributed by atoms with Crippen molar-refractivity contribution >= 4 is 0 Å². The number of hydrogen-bond acceptors (Lipinski definition) is 11. The topological polar surface area (TPSA) is 201 Å². The Morgan fingerprint density at radius 2 is 1.04 bits per heavy atom. The molecule has 2 rings (SSSR count). The third-order valence-electron chi connectivity index (χ3n) is 4.21. The average molecular weight is 342 g/mol. The smallest absolute Gasteiger partial charge is 0.187 e. The molecule has 0 radical (unpaired) electrons. The van der Waals surface area contributed by atoms with Gasteiger partial charge >= 0.3 is 0 Å². The highest BCUT2D eigenvalue weighted by Crippen LogP contribution is 2.29. The lowest BCUT2D eigenvalue weighted by Gasteiger charge is -2.45. The van der Waals surface area contributed by atoms with E-state index in [4.69, 9.17) is 14.6 Å². The first-order valence-corrected chi connectivity index (χ1v) is 7.07. The summed E-state index contributed by atoms with van der Waals surface area (Å²) in [5, 5.41) is 86.6. The average Bonchev–Trinajstić information content (AvgIpc) is 2.54. The highest BCUT2D eigenvalue weighted by atomic mass is 16.7. The summed E-state index contributed by atoms with van der Waals surface area (Å²) in [6.07, 6.45) is -18.9. The first-order valence-electron chi connectivity index (χ1n) is 7.07. The first-order chi connectivity index (χ1) is 10.7. The van der Waals surface area contributed by atoms with Gasteiger partial charge in [-0.05, 0) is 0 Å². The quantitative estimate of drug-likeness (QED) is 0.236. The summed E-state index contributed by atoms with van der Waals surface area (Å²) >= 11 is 0. The maximum Gasteiger partial charge on any atom is 0.187 e. The molecule has 0 aromatic rings. The molecule has 1 saturated heterocycles. The van der Waals surface area contributed by atoms with Crippen LogP contribution in [-0.2, 0) is 9.47 Å². The molecule has 0 spiro atoms. The van der Waals surface area contributed by atoms with Gasteiger partial charge in [0.25, 0.3) is 0 Å². The molecular formula is C12H22O11. The van der Waals surface area contributed by atoms with E-state index >= 15 is 0 Å². The van der Waals surface area contributed by atoms with Crippen LogP contribution < -0.4 is 0 Å². The van der Waals surface area contributed by atoms with Gasteiger partial charge in [0.05, 0.1) is 6.61 Å². The molecule has 9 N–H and O–H groups in total. The molecular weight excluding hydrogens is 320 g/mol. The van der Waals surface area contributed by atoms with Crippen molar-refractivity contribution in [1.82, 2.24) is 0 Å². The van der Waals surface area contributed by atoms with Gasteiger partial charge in [0.15, 0.2) is 6.29 Å². The highest BCUT2D eigenvalue weighted by molar-refractivity contribution is 5.00. The van der Waals surface area contributed by atoms with Gasteiger partial charge in [-0.2, -0.15) is 0 Å². The van der Waals surface area contributed by atoms with Crippen LogP contribution in [0, 0.1) is 0 Å². The van der Waals surface area contributed by atoms with Crippen LogP contribution in [0.15, 0.2) is 0 Å². The minimum Gasteiger partial charge on any atom is -0.394 e. The molecule has 2 aliphatic rings. The van der Waals surface area contributed by atoms with Crippen LogP contribution in [0.3, 0.4) is 0 Å². The monoisotopic (exact) mass is 342 g/mol. The van der Waals surface area contributed by atoms with Gasteiger partial charge in [-0.3, -0.25) is 0 Å². The van der Waals surface area contributed by atoms with Crippen LogP contribution in [-0.4, -0.2) is 120 Å². The Kier molecular flexibility index (Phi) is 5.92. The number of rotatable bonds is 3. The Morgan fingerprint density at radius 1 is 0.609 bits per heavy atom. The van der Waals surface area contributed by atoms with Crippen LogP contribution >= 0.6 is 0 Å². The van der Waals surface area contributed by atoms with E-state index in [1.165, 1.54) is 0 Å². The van der Waals surface area contributed by atoms with Crippen LogP contribution in [0.25, 0.3) is 0 Å². The van der Waals surface area contributed by atoms with E-state index < -0.39 is 73.9 Å². The number of ether oxygens (including phenoxy) is 2. The molecule has 0 unspecified atom stereocenters. The lowest BCUT2D eigenvalue weighted by molar-refractivity contribution is -0.339. The van der Waals surface area contributed by atoms with Crippen LogP contribution in [0.2, 0.25) is 0 Å². The van der Waals surface area contributed by atoms with Crippen molar-refractivity contribution in [1.29, 1.82) is 0 Å². The maximum atomic E-state index is 9.85. The molecule has 136 valence electrons. The van der Waals surface area contributed by atoms with Gasteiger partial charge in [0, 0.05) is 0 Å². The number of hydrogen-bond donors (Lipinski definition) is 9. The lowest BCUT2D eigenvalue weighted by Crippen LogP contribution is -2.67. The molecule has 0 amide bonds. The van der Waals surface area contributed by atoms with E-state index in [1.54, 1.807) is 0 Å². The van der Waals surface area contributed by atoms with Crippen molar-refractivity contribution < 1.29 is 55.4 Å². The summed E-state index contributed by atoms with van der Waals surface area (Å²) in [6.45, 7) is -0.704. The van der Waals surface area contributed by atoms with Crippen molar-refractivity contribution in [3.63, 3.8) is 0 Å². The molecule has 11 heteroatoms. The first kappa shape index (κ1) is 18.9. The zero-order chi connectivity index (χ0) is 17.5. The van der Waals surface area contributed by atoms with Crippen molar-refractivity contribution in [3.8, 4) is 0 Å². The highest BCUT2D eigenvalue weighted by Gasteiger charge is 2.52. The minimum absolute atomic E-state index is 0.704. The zero-order valence-corrected chi connectivity index (χ0v) is 11.9. The molecule has 0 aromatic carbocycles. The molecule has 1 saturated carbocycles. The standard InChI is InChI=1S/C12H22O11/c13-1-2-3(14)4(15)10(21)12(22-2)23-11-8(19)6(17)5(16)7(18)9(11)20/h2-21H,1H2/t2-,3-,4+,5-,6-,7+,8-,9-,10-,11-,12+/m1/s1. The Labute approximate surface area is 130 Å². The van der Waals surface area contributed by atoms with Crippen LogP contribution in [0.4, 0.5) is 0 Å². The Balaban J connectivity index is 2.13. The van der Waals surface area contributed by atoms with Gasteiger partial charge in [-0.15, -0.1) is 0 Å². The van der Waals surface area contributed by atoms with Crippen molar-refractivity contribution in [3.05, 3.63) is 0 Å². The van der Waals surface area contributed by atoms with Gasteiger partial charge in [0.2, 0.25) is 0 Å². The molecule has 11 atom stereocenters. The van der Waals surface area contributed by atoms with E-state index in [0.29, 0.717) is 0 Å². The fourth-order valence-electron chi connectivity index (χ4n) is 2.69. The number of aliphatic hydroxyl groups excluding tert-OH is 9. The summed E-state index contributed by atoms with van der Waals surface area (Å²) in [6, 6.07) is 0. The van der Waals surface area contributed by atoms with E-state index in [2.05, 4.69) is 0 Å². The van der Waals surface area contributed by atoms with E-state index in [1.807, 2.05) is 0 Å². The summed E-state index contributed by atoms with van der Waals surface area (Å²) in [4.78, 5) is 0. The third-order valence-corrected chi connectivity index (χ3v) is 4.21. The van der Waals surface area contributed by atoms with Gasteiger partial charge < -0.3 is 55.4 Å². The summed E-state index contributed by atoms with van der Waals surface area (Å²) < 4.78 is 10.2. The fourth-order valence-corrected chi connectivity index (χ4v) is 2.69. The van der Waals surface area contributed by atoms with Crippen LogP contribution in [0.5, 0.6) is 0 Å². The SMILES string of the molecule is OC[C@H]1O[C@@H](O[C@@H]2[C@H](O)[C@H](O)[C@@H](O)[C@H](O)[C@H]2O)[C@H](O)[C@@H](O)[C@@H]1O. The Morgan fingerprint density at radius 3 is 1.52 bits per heavy atom. The summed E-state index contributed by atoms with van der Waals surface area (Å²) in [5.41, 5.74) is 0. The molecule has 0 bridgehead atoms. The second-order valence-electron chi connectivity index (χ2n) is 5.75. The van der Waals surface area contributed by atoms with Crippen LogP contribution in [0.1, 0.15) is 0 Å². The zero-order valence-electron chi connectivity index (χ0n) is 11.9. The van der Waals surface area contributed by atoms with Gasteiger partial charge in [-0.25, -0.2) is 0 Å². The molecule has 2 fully saturated rings.